The Kier molecular flexibility index (Phi) is 6.65. The van der Waals surface area contributed by atoms with Gasteiger partial charge in [-0.05, 0) is 37.0 Å². The summed E-state index contributed by atoms with van der Waals surface area (Å²) in [5, 5.41) is 32.8. The molecule has 1 fully saturated rings. The Morgan fingerprint density at radius 2 is 2.06 bits per heavy atom. The van der Waals surface area contributed by atoms with Crippen molar-refractivity contribution < 1.29 is 13.9 Å². The molecule has 8 nitrogen and oxygen atoms in total. The fourth-order valence-electron chi connectivity index (χ4n) is 3.73. The lowest BCUT2D eigenvalue weighted by Gasteiger charge is -2.18. The molecule has 0 aliphatic heterocycles. The van der Waals surface area contributed by atoms with Crippen molar-refractivity contribution in [2.24, 2.45) is 5.92 Å². The minimum atomic E-state index is -0.722. The number of aliphatic hydroxyl groups excluding tert-OH is 1. The molecule has 174 valence electrons. The Morgan fingerprint density at radius 1 is 1.32 bits per heavy atom. The number of pyridine rings is 2. The zero-order chi connectivity index (χ0) is 24.2. The van der Waals surface area contributed by atoms with Gasteiger partial charge in [0.2, 0.25) is 0 Å². The molecule has 0 radical (unpaired) electrons. The molecule has 10 heteroatoms. The summed E-state index contributed by atoms with van der Waals surface area (Å²) in [6.07, 6.45) is 5.62. The third-order valence-corrected chi connectivity index (χ3v) is 5.77. The number of aliphatic hydroxyl groups is 1. The zero-order valence-corrected chi connectivity index (χ0v) is 18.1. The zero-order valence-electron chi connectivity index (χ0n) is 18.1. The van der Waals surface area contributed by atoms with Crippen LogP contribution in [0.1, 0.15) is 29.5 Å². The minimum Gasteiger partial charge on any atom is -0.394 e. The molecule has 0 amide bonds. The summed E-state index contributed by atoms with van der Waals surface area (Å²) >= 11 is 0. The lowest BCUT2D eigenvalue weighted by atomic mass is 10.1. The first kappa shape index (κ1) is 23.1. The number of hydrogen-bond donors (Lipinski definition) is 4. The second-order valence-electron chi connectivity index (χ2n) is 7.99. The van der Waals surface area contributed by atoms with Crippen molar-refractivity contribution in [2.75, 3.05) is 17.2 Å². The highest BCUT2D eigenvalue weighted by Crippen LogP contribution is 2.34. The maximum atomic E-state index is 13.9. The predicted octanol–water partition coefficient (Wildman–Crippen LogP) is 3.17. The number of anilines is 2. The number of nitrogens with zero attached hydrogens (tertiary/aromatic N) is 3. The van der Waals surface area contributed by atoms with E-state index >= 15 is 0 Å². The van der Waals surface area contributed by atoms with E-state index in [-0.39, 0.29) is 47.3 Å². The molecule has 4 N–H and O–H groups in total. The normalized spacial score (nSPS) is 13.7. The molecule has 3 aromatic rings. The van der Waals surface area contributed by atoms with Gasteiger partial charge in [-0.3, -0.25) is 9.36 Å². The second kappa shape index (κ2) is 9.80. The highest BCUT2D eigenvalue weighted by atomic mass is 19.1. The molecule has 34 heavy (non-hydrogen) atoms. The van der Waals surface area contributed by atoms with Gasteiger partial charge in [0.15, 0.2) is 0 Å². The predicted molar refractivity (Wildman–Crippen MR) is 123 cm³/mol. The van der Waals surface area contributed by atoms with Crippen LogP contribution in [0.5, 0.6) is 0 Å². The van der Waals surface area contributed by atoms with Crippen molar-refractivity contribution in [3.05, 3.63) is 81.4 Å². The lowest BCUT2D eigenvalue weighted by molar-refractivity contribution is 0.263. The van der Waals surface area contributed by atoms with Gasteiger partial charge in [0.05, 0.1) is 35.2 Å². The van der Waals surface area contributed by atoms with Crippen LogP contribution in [-0.4, -0.2) is 33.5 Å². The summed E-state index contributed by atoms with van der Waals surface area (Å²) in [4.78, 5) is 17.4. The van der Waals surface area contributed by atoms with E-state index in [2.05, 4.69) is 15.6 Å². The maximum absolute atomic E-state index is 13.9. The van der Waals surface area contributed by atoms with Crippen LogP contribution in [0, 0.1) is 34.3 Å². The highest BCUT2D eigenvalue weighted by molar-refractivity contribution is 5.85. The SMILES string of the molecule is N#Cc1cnc(NC(CO)C2CC2)cc1-n1ccc(NCc2c(F)cccc2F)c(C=N)c1=O. The Labute approximate surface area is 194 Å². The molecule has 1 aliphatic carbocycles. The number of hydrogen-bond acceptors (Lipinski definition) is 7. The van der Waals surface area contributed by atoms with Crippen LogP contribution in [0.15, 0.2) is 47.5 Å². The summed E-state index contributed by atoms with van der Waals surface area (Å²) in [6, 6.07) is 8.41. The van der Waals surface area contributed by atoms with Gasteiger partial charge in [-0.15, -0.1) is 0 Å². The van der Waals surface area contributed by atoms with Crippen molar-refractivity contribution in [2.45, 2.75) is 25.4 Å². The fraction of sp³-hybridized carbons (Fsp3) is 0.250. The van der Waals surface area contributed by atoms with E-state index in [1.807, 2.05) is 6.07 Å². The molecule has 1 aliphatic rings. The van der Waals surface area contributed by atoms with Crippen molar-refractivity contribution in [1.29, 1.82) is 10.7 Å². The Balaban J connectivity index is 1.67. The van der Waals surface area contributed by atoms with Crippen molar-refractivity contribution >= 4 is 17.7 Å². The number of halogens is 2. The van der Waals surface area contributed by atoms with E-state index in [9.17, 15) is 23.9 Å². The van der Waals surface area contributed by atoms with Gasteiger partial charge in [0.1, 0.15) is 23.5 Å². The van der Waals surface area contributed by atoms with Crippen molar-refractivity contribution in [3.8, 4) is 11.8 Å². The van der Waals surface area contributed by atoms with Crippen LogP contribution in [0.3, 0.4) is 0 Å². The molecule has 1 saturated carbocycles. The first-order valence-corrected chi connectivity index (χ1v) is 10.7. The molecule has 2 aromatic heterocycles. The Hall–Kier alpha value is -4.10. The van der Waals surface area contributed by atoms with Crippen LogP contribution in [-0.2, 0) is 6.54 Å². The average molecular weight is 464 g/mol. The topological polar surface area (TPSA) is 127 Å². The number of nitrogens with one attached hydrogen (secondary N) is 3. The van der Waals surface area contributed by atoms with Gasteiger partial charge >= 0.3 is 0 Å². The molecule has 1 aromatic carbocycles. The molecule has 1 atom stereocenters. The molecule has 4 rings (SSSR count). The first-order valence-electron chi connectivity index (χ1n) is 10.7. The molecule has 0 spiro atoms. The molecule has 2 heterocycles. The average Bonchev–Trinajstić information content (AvgIpc) is 3.68. The number of rotatable bonds is 9. The number of nitriles is 1. The largest absolute Gasteiger partial charge is 0.394 e. The van der Waals surface area contributed by atoms with Crippen LogP contribution in [0.4, 0.5) is 20.3 Å². The van der Waals surface area contributed by atoms with E-state index in [1.54, 1.807) is 6.07 Å². The van der Waals surface area contributed by atoms with Gasteiger partial charge < -0.3 is 21.1 Å². The van der Waals surface area contributed by atoms with Crippen molar-refractivity contribution in [1.82, 2.24) is 9.55 Å². The number of aromatic nitrogens is 2. The van der Waals surface area contributed by atoms with Crippen LogP contribution >= 0.6 is 0 Å². The quantitative estimate of drug-likeness (QED) is 0.360. The molecular formula is C24H22F2N6O2. The van der Waals surface area contributed by atoms with Crippen molar-refractivity contribution in [3.63, 3.8) is 0 Å². The summed E-state index contributed by atoms with van der Waals surface area (Å²) in [5.41, 5.74) is -0.201. The van der Waals surface area contributed by atoms with E-state index in [0.717, 1.165) is 31.2 Å². The van der Waals surface area contributed by atoms with E-state index in [4.69, 9.17) is 5.41 Å². The standard InChI is InChI=1S/C24H22F2N6O2/c25-18-2-1-3-19(26)17(18)12-29-20-6-7-32(24(34)16(20)10-28)22-8-23(30-11-15(22)9-27)31-21(13-33)14-4-5-14/h1-3,6-8,10-11,14,21,28-29,33H,4-5,12-13H2,(H,30,31). The smallest absolute Gasteiger partial charge is 0.266 e. The van der Waals surface area contributed by atoms with Gasteiger partial charge in [0.25, 0.3) is 5.56 Å². The third kappa shape index (κ3) is 4.65. The highest BCUT2D eigenvalue weighted by Gasteiger charge is 2.31. The molecular weight excluding hydrogens is 442 g/mol. The summed E-state index contributed by atoms with van der Waals surface area (Å²) < 4.78 is 29.1. The molecule has 1 unspecified atom stereocenters. The van der Waals surface area contributed by atoms with Crippen LogP contribution < -0.4 is 16.2 Å². The number of benzene rings is 1. The fourth-order valence-corrected chi connectivity index (χ4v) is 3.73. The maximum Gasteiger partial charge on any atom is 0.266 e. The summed E-state index contributed by atoms with van der Waals surface area (Å²) in [7, 11) is 0. The third-order valence-electron chi connectivity index (χ3n) is 5.77. The van der Waals surface area contributed by atoms with Crippen LogP contribution in [0.25, 0.3) is 5.69 Å². The summed E-state index contributed by atoms with van der Waals surface area (Å²) in [6.45, 7) is -0.290. The Morgan fingerprint density at radius 3 is 2.68 bits per heavy atom. The first-order chi connectivity index (χ1) is 16.5. The van der Waals surface area contributed by atoms with E-state index < -0.39 is 17.2 Å². The van der Waals surface area contributed by atoms with Gasteiger partial charge in [-0.1, -0.05) is 6.07 Å². The van der Waals surface area contributed by atoms with E-state index in [1.165, 1.54) is 29.1 Å². The lowest BCUT2D eigenvalue weighted by Crippen LogP contribution is -2.27. The van der Waals surface area contributed by atoms with E-state index in [0.29, 0.717) is 11.7 Å². The van der Waals surface area contributed by atoms with Gasteiger partial charge in [0, 0.05) is 36.8 Å². The molecule has 0 bridgehead atoms. The van der Waals surface area contributed by atoms with Gasteiger partial charge in [-0.2, -0.15) is 5.26 Å². The van der Waals surface area contributed by atoms with Gasteiger partial charge in [-0.25, -0.2) is 13.8 Å². The Bertz CT molecular complexity index is 1310. The molecule has 0 saturated heterocycles. The van der Waals surface area contributed by atoms with Crippen LogP contribution in [0.2, 0.25) is 0 Å². The summed E-state index contributed by atoms with van der Waals surface area (Å²) in [5.74, 6) is -0.691. The monoisotopic (exact) mass is 464 g/mol. The minimum absolute atomic E-state index is 0.0410. The second-order valence-corrected chi connectivity index (χ2v) is 7.99.